The lowest BCUT2D eigenvalue weighted by molar-refractivity contribution is -0.115. The van der Waals surface area contributed by atoms with Crippen molar-refractivity contribution in [1.82, 2.24) is 0 Å². The molecule has 0 aromatic heterocycles. The topological polar surface area (TPSA) is 49.3 Å². The summed E-state index contributed by atoms with van der Waals surface area (Å²) in [7, 11) is 0. The molecule has 0 spiro atoms. The molecule has 2 N–H and O–H groups in total. The van der Waals surface area contributed by atoms with Gasteiger partial charge in [0, 0.05) is 11.3 Å². The zero-order chi connectivity index (χ0) is 14.7. The van der Waals surface area contributed by atoms with Crippen LogP contribution < -0.4 is 5.32 Å². The van der Waals surface area contributed by atoms with Gasteiger partial charge in [0.1, 0.15) is 5.75 Å². The molecule has 0 aliphatic heterocycles. The Balaban J connectivity index is 2.09. The normalized spacial score (nSPS) is 10.3. The fourth-order valence-electron chi connectivity index (χ4n) is 1.80. The van der Waals surface area contributed by atoms with Gasteiger partial charge in [-0.05, 0) is 36.8 Å². The van der Waals surface area contributed by atoms with Crippen LogP contribution in [0.2, 0.25) is 0 Å². The second-order valence-electron chi connectivity index (χ2n) is 4.44. The molecule has 0 saturated carbocycles. The van der Waals surface area contributed by atoms with Crippen LogP contribution >= 0.6 is 0 Å². The molecule has 2 rings (SSSR count). The molecule has 0 atom stereocenters. The summed E-state index contributed by atoms with van der Waals surface area (Å²) in [6, 6.07) is 8.29. The van der Waals surface area contributed by atoms with E-state index in [1.54, 1.807) is 13.0 Å². The van der Waals surface area contributed by atoms with Crippen LogP contribution in [-0.2, 0) is 11.2 Å². The van der Waals surface area contributed by atoms with Crippen molar-refractivity contribution in [3.8, 4) is 5.75 Å². The Morgan fingerprint density at radius 1 is 1.25 bits per heavy atom. The van der Waals surface area contributed by atoms with E-state index in [4.69, 9.17) is 0 Å². The van der Waals surface area contributed by atoms with Gasteiger partial charge in [0.2, 0.25) is 5.91 Å². The number of hydrogen-bond acceptors (Lipinski definition) is 2. The minimum Gasteiger partial charge on any atom is -0.508 e. The molecule has 5 heteroatoms. The lowest BCUT2D eigenvalue weighted by Crippen LogP contribution is -2.15. The van der Waals surface area contributed by atoms with Crippen molar-refractivity contribution in [2.45, 2.75) is 13.3 Å². The number of phenolic OH excluding ortho intramolecular Hbond substituents is 1. The minimum absolute atomic E-state index is 0.00185. The Morgan fingerprint density at radius 2 is 2.00 bits per heavy atom. The fourth-order valence-corrected chi connectivity index (χ4v) is 1.80. The molecule has 3 nitrogen and oxygen atoms in total. The number of benzene rings is 2. The number of carbonyl (C=O) groups excluding carboxylic acids is 1. The van der Waals surface area contributed by atoms with Crippen LogP contribution in [0.3, 0.4) is 0 Å². The number of phenols is 1. The quantitative estimate of drug-likeness (QED) is 0.847. The Bertz CT molecular complexity index is 656. The molecule has 0 unspecified atom stereocenters. The van der Waals surface area contributed by atoms with Crippen LogP contribution in [0.25, 0.3) is 0 Å². The molecule has 2 aromatic carbocycles. The van der Waals surface area contributed by atoms with Gasteiger partial charge < -0.3 is 10.4 Å². The predicted molar refractivity (Wildman–Crippen MR) is 71.5 cm³/mol. The van der Waals surface area contributed by atoms with Crippen molar-refractivity contribution >= 4 is 11.6 Å². The van der Waals surface area contributed by atoms with E-state index < -0.39 is 17.5 Å². The Labute approximate surface area is 114 Å². The maximum atomic E-state index is 13.4. The molecule has 0 aliphatic carbocycles. The van der Waals surface area contributed by atoms with Crippen LogP contribution in [0, 0.1) is 18.6 Å². The van der Waals surface area contributed by atoms with Crippen molar-refractivity contribution in [3.63, 3.8) is 0 Å². The Kier molecular flexibility index (Phi) is 3.98. The fraction of sp³-hybridized carbons (Fsp3) is 0.133. The second-order valence-corrected chi connectivity index (χ2v) is 4.44. The highest BCUT2D eigenvalue weighted by Crippen LogP contribution is 2.20. The first-order valence-electron chi connectivity index (χ1n) is 5.99. The predicted octanol–water partition coefficient (Wildman–Crippen LogP) is 3.16. The molecule has 20 heavy (non-hydrogen) atoms. The van der Waals surface area contributed by atoms with Crippen molar-refractivity contribution in [3.05, 3.63) is 59.2 Å². The minimum atomic E-state index is -1.01. The van der Waals surface area contributed by atoms with E-state index in [9.17, 15) is 18.7 Å². The number of halogens is 2. The second kappa shape index (κ2) is 5.69. The van der Waals surface area contributed by atoms with Gasteiger partial charge >= 0.3 is 0 Å². The number of aromatic hydroxyl groups is 1. The van der Waals surface area contributed by atoms with Crippen LogP contribution in [0.15, 0.2) is 36.4 Å². The molecular weight excluding hydrogens is 264 g/mol. The number of aryl methyl sites for hydroxylation is 1. The first kappa shape index (κ1) is 14.0. The molecule has 1 amide bonds. The van der Waals surface area contributed by atoms with E-state index in [2.05, 4.69) is 5.32 Å². The van der Waals surface area contributed by atoms with E-state index in [0.717, 1.165) is 6.07 Å². The third-order valence-corrected chi connectivity index (χ3v) is 2.86. The Hall–Kier alpha value is -2.43. The summed E-state index contributed by atoms with van der Waals surface area (Å²) in [5, 5.41) is 11.9. The number of carbonyl (C=O) groups is 1. The standard InChI is InChI=1S/C15H13F2NO2/c1-9-7-11(5-6-13(9)19)18-14(20)8-10-3-2-4-12(16)15(10)17/h2-7,19H,8H2,1H3,(H,18,20). The average Bonchev–Trinajstić information content (AvgIpc) is 2.39. The number of anilines is 1. The first-order chi connectivity index (χ1) is 9.47. The lowest BCUT2D eigenvalue weighted by Gasteiger charge is -2.08. The van der Waals surface area contributed by atoms with Gasteiger partial charge in [0.05, 0.1) is 6.42 Å². The summed E-state index contributed by atoms with van der Waals surface area (Å²) in [5.74, 6) is -2.32. The molecule has 0 bridgehead atoms. The van der Waals surface area contributed by atoms with Gasteiger partial charge in [-0.15, -0.1) is 0 Å². The monoisotopic (exact) mass is 277 g/mol. The number of rotatable bonds is 3. The molecular formula is C15H13F2NO2. The molecule has 0 fully saturated rings. The zero-order valence-corrected chi connectivity index (χ0v) is 10.8. The average molecular weight is 277 g/mol. The van der Waals surface area contributed by atoms with Gasteiger partial charge in [-0.1, -0.05) is 12.1 Å². The Morgan fingerprint density at radius 3 is 2.70 bits per heavy atom. The summed E-state index contributed by atoms with van der Waals surface area (Å²) in [4.78, 5) is 11.8. The highest BCUT2D eigenvalue weighted by atomic mass is 19.2. The smallest absolute Gasteiger partial charge is 0.228 e. The van der Waals surface area contributed by atoms with E-state index in [0.29, 0.717) is 11.3 Å². The van der Waals surface area contributed by atoms with Crippen molar-refractivity contribution < 1.29 is 18.7 Å². The van der Waals surface area contributed by atoms with Gasteiger partial charge in [0.15, 0.2) is 11.6 Å². The highest BCUT2D eigenvalue weighted by Gasteiger charge is 2.12. The summed E-state index contributed by atoms with van der Waals surface area (Å²) in [5.41, 5.74) is 1.10. The van der Waals surface area contributed by atoms with Crippen molar-refractivity contribution in [2.24, 2.45) is 0 Å². The van der Waals surface area contributed by atoms with E-state index in [1.807, 2.05) is 0 Å². The lowest BCUT2D eigenvalue weighted by atomic mass is 10.1. The van der Waals surface area contributed by atoms with E-state index in [-0.39, 0.29) is 17.7 Å². The molecule has 0 aliphatic rings. The van der Waals surface area contributed by atoms with Crippen LogP contribution in [0.4, 0.5) is 14.5 Å². The summed E-state index contributed by atoms with van der Waals surface area (Å²) >= 11 is 0. The van der Waals surface area contributed by atoms with Gasteiger partial charge in [0.25, 0.3) is 0 Å². The summed E-state index contributed by atoms with van der Waals surface area (Å²) in [6.45, 7) is 1.69. The summed E-state index contributed by atoms with van der Waals surface area (Å²) < 4.78 is 26.4. The van der Waals surface area contributed by atoms with Gasteiger partial charge in [-0.2, -0.15) is 0 Å². The summed E-state index contributed by atoms with van der Waals surface area (Å²) in [6.07, 6.45) is -0.260. The molecule has 2 aromatic rings. The van der Waals surface area contributed by atoms with E-state index >= 15 is 0 Å². The first-order valence-corrected chi connectivity index (χ1v) is 5.99. The van der Waals surface area contributed by atoms with Crippen molar-refractivity contribution in [1.29, 1.82) is 0 Å². The SMILES string of the molecule is Cc1cc(NC(=O)Cc2cccc(F)c2F)ccc1O. The van der Waals surface area contributed by atoms with Crippen LogP contribution in [-0.4, -0.2) is 11.0 Å². The third-order valence-electron chi connectivity index (χ3n) is 2.86. The third kappa shape index (κ3) is 3.12. The molecule has 0 saturated heterocycles. The number of amides is 1. The number of nitrogens with one attached hydrogen (secondary N) is 1. The maximum absolute atomic E-state index is 13.4. The largest absolute Gasteiger partial charge is 0.508 e. The van der Waals surface area contributed by atoms with Gasteiger partial charge in [-0.3, -0.25) is 4.79 Å². The van der Waals surface area contributed by atoms with Crippen molar-refractivity contribution in [2.75, 3.05) is 5.32 Å². The molecule has 0 radical (unpaired) electrons. The van der Waals surface area contributed by atoms with Gasteiger partial charge in [-0.25, -0.2) is 8.78 Å². The highest BCUT2D eigenvalue weighted by molar-refractivity contribution is 5.92. The van der Waals surface area contributed by atoms with Crippen LogP contribution in [0.5, 0.6) is 5.75 Å². The molecule has 104 valence electrons. The van der Waals surface area contributed by atoms with E-state index in [1.165, 1.54) is 24.3 Å². The number of hydrogen-bond donors (Lipinski definition) is 2. The maximum Gasteiger partial charge on any atom is 0.228 e. The van der Waals surface area contributed by atoms with Crippen LogP contribution in [0.1, 0.15) is 11.1 Å². The molecule has 0 heterocycles. The zero-order valence-electron chi connectivity index (χ0n) is 10.8.